The molecule has 2 amide bonds. The second kappa shape index (κ2) is 9.96. The van der Waals surface area contributed by atoms with Crippen LogP contribution >= 0.6 is 11.3 Å². The maximum atomic E-state index is 13.2. The SMILES string of the molecule is Cc1ccsc1C[NH+](C)CC(=O)N1CC[NH+](CC(=O)Nc2cccc(F)c2)CC1. The van der Waals surface area contributed by atoms with E-state index in [2.05, 4.69) is 30.7 Å². The van der Waals surface area contributed by atoms with Crippen LogP contribution in [0.1, 0.15) is 10.4 Å². The number of quaternary nitrogens is 2. The average molecular weight is 421 g/mol. The number of hydrogen-bond donors (Lipinski definition) is 3. The molecule has 1 aromatic carbocycles. The molecule has 0 saturated carbocycles. The molecule has 29 heavy (non-hydrogen) atoms. The van der Waals surface area contributed by atoms with Gasteiger partial charge >= 0.3 is 0 Å². The summed E-state index contributed by atoms with van der Waals surface area (Å²) in [6.45, 7) is 6.57. The van der Waals surface area contributed by atoms with E-state index in [1.165, 1.54) is 27.5 Å². The first-order valence-electron chi connectivity index (χ1n) is 9.91. The highest BCUT2D eigenvalue weighted by Gasteiger charge is 2.27. The number of benzene rings is 1. The summed E-state index contributed by atoms with van der Waals surface area (Å²) in [5, 5.41) is 4.82. The molecule has 6 nitrogen and oxygen atoms in total. The smallest absolute Gasteiger partial charge is 0.279 e. The molecule has 0 bridgehead atoms. The highest BCUT2D eigenvalue weighted by Crippen LogP contribution is 2.13. The average Bonchev–Trinajstić information content (AvgIpc) is 3.06. The van der Waals surface area contributed by atoms with Crippen LogP contribution in [0, 0.1) is 12.7 Å². The molecule has 0 aliphatic carbocycles. The van der Waals surface area contributed by atoms with Crippen LogP contribution in [-0.4, -0.2) is 63.0 Å². The monoisotopic (exact) mass is 420 g/mol. The lowest BCUT2D eigenvalue weighted by atomic mass is 10.2. The Morgan fingerprint density at radius 1 is 1.28 bits per heavy atom. The van der Waals surface area contributed by atoms with Crippen LogP contribution in [0.4, 0.5) is 10.1 Å². The van der Waals surface area contributed by atoms with Crippen LogP contribution in [0.2, 0.25) is 0 Å². The van der Waals surface area contributed by atoms with Crippen LogP contribution in [0.5, 0.6) is 0 Å². The molecule has 1 atom stereocenters. The van der Waals surface area contributed by atoms with Gasteiger partial charge in [-0.1, -0.05) is 6.07 Å². The quantitative estimate of drug-likeness (QED) is 0.570. The van der Waals surface area contributed by atoms with Gasteiger partial charge in [0.25, 0.3) is 11.8 Å². The number of likely N-dealkylation sites (N-methyl/N-ethyl adjacent to an activating group) is 1. The van der Waals surface area contributed by atoms with Gasteiger partial charge in [-0.2, -0.15) is 0 Å². The van der Waals surface area contributed by atoms with Crippen molar-refractivity contribution in [2.75, 3.05) is 51.6 Å². The van der Waals surface area contributed by atoms with Crippen LogP contribution in [0.25, 0.3) is 0 Å². The Bertz CT molecular complexity index is 849. The van der Waals surface area contributed by atoms with E-state index in [1.807, 2.05) is 4.90 Å². The number of aryl methyl sites for hydroxylation is 1. The van der Waals surface area contributed by atoms with Gasteiger partial charge in [0.2, 0.25) is 0 Å². The van der Waals surface area contributed by atoms with Crippen molar-refractivity contribution < 1.29 is 23.8 Å². The number of nitrogens with one attached hydrogen (secondary N) is 3. The Labute approximate surface area is 174 Å². The summed E-state index contributed by atoms with van der Waals surface area (Å²) in [6, 6.07) is 8.00. The number of hydrogen-bond acceptors (Lipinski definition) is 3. The van der Waals surface area contributed by atoms with Gasteiger partial charge in [0.1, 0.15) is 12.4 Å². The molecule has 0 spiro atoms. The Hall–Kier alpha value is -2.29. The van der Waals surface area contributed by atoms with E-state index in [4.69, 9.17) is 0 Å². The second-order valence-corrected chi connectivity index (χ2v) is 8.70. The summed E-state index contributed by atoms with van der Waals surface area (Å²) < 4.78 is 13.2. The van der Waals surface area contributed by atoms with Gasteiger partial charge in [-0.3, -0.25) is 9.59 Å². The minimum Gasteiger partial charge on any atom is -0.327 e. The lowest BCUT2D eigenvalue weighted by Gasteiger charge is -2.32. The van der Waals surface area contributed by atoms with Crippen molar-refractivity contribution in [1.29, 1.82) is 0 Å². The van der Waals surface area contributed by atoms with Crippen molar-refractivity contribution in [3.8, 4) is 0 Å². The first-order chi connectivity index (χ1) is 13.9. The molecule has 2 heterocycles. The third kappa shape index (κ3) is 6.35. The predicted molar refractivity (Wildman–Crippen MR) is 112 cm³/mol. The number of piperazine rings is 1. The first kappa shape index (κ1) is 21.4. The molecule has 1 aliphatic rings. The van der Waals surface area contributed by atoms with E-state index in [1.54, 1.807) is 23.5 Å². The maximum Gasteiger partial charge on any atom is 0.279 e. The topological polar surface area (TPSA) is 58.3 Å². The summed E-state index contributed by atoms with van der Waals surface area (Å²) >= 11 is 1.74. The zero-order valence-corrected chi connectivity index (χ0v) is 17.8. The number of carbonyl (C=O) groups excluding carboxylic acids is 2. The highest BCUT2D eigenvalue weighted by molar-refractivity contribution is 7.10. The van der Waals surface area contributed by atoms with E-state index >= 15 is 0 Å². The fraction of sp³-hybridized carbons (Fsp3) is 0.429. The van der Waals surface area contributed by atoms with Crippen LogP contribution < -0.4 is 15.1 Å². The second-order valence-electron chi connectivity index (χ2n) is 7.70. The van der Waals surface area contributed by atoms with E-state index in [9.17, 15) is 14.0 Å². The van der Waals surface area contributed by atoms with Gasteiger partial charge in [-0.25, -0.2) is 4.39 Å². The molecule has 156 valence electrons. The molecule has 1 aromatic heterocycles. The van der Waals surface area contributed by atoms with Crippen molar-refractivity contribution in [1.82, 2.24) is 4.90 Å². The van der Waals surface area contributed by atoms with E-state index in [0.29, 0.717) is 31.9 Å². The molecule has 0 radical (unpaired) electrons. The number of halogens is 1. The largest absolute Gasteiger partial charge is 0.327 e. The molecule has 1 saturated heterocycles. The van der Waals surface area contributed by atoms with Crippen molar-refractivity contribution >= 4 is 28.8 Å². The third-order valence-electron chi connectivity index (χ3n) is 5.23. The number of amides is 2. The predicted octanol–water partition coefficient (Wildman–Crippen LogP) is -0.424. The van der Waals surface area contributed by atoms with Gasteiger partial charge < -0.3 is 20.0 Å². The number of rotatable bonds is 7. The van der Waals surface area contributed by atoms with E-state index < -0.39 is 0 Å². The molecular weight excluding hydrogens is 391 g/mol. The molecule has 1 fully saturated rings. The maximum absolute atomic E-state index is 13.2. The first-order valence-corrected chi connectivity index (χ1v) is 10.8. The fourth-order valence-electron chi connectivity index (χ4n) is 3.54. The van der Waals surface area contributed by atoms with Crippen LogP contribution in [0.15, 0.2) is 35.7 Å². The van der Waals surface area contributed by atoms with Crippen molar-refractivity contribution in [3.05, 3.63) is 52.0 Å². The molecule has 3 rings (SSSR count). The zero-order valence-electron chi connectivity index (χ0n) is 17.0. The van der Waals surface area contributed by atoms with Gasteiger partial charge in [0, 0.05) is 5.69 Å². The fourth-order valence-corrected chi connectivity index (χ4v) is 4.56. The summed E-state index contributed by atoms with van der Waals surface area (Å²) in [7, 11) is 2.05. The van der Waals surface area contributed by atoms with Crippen LogP contribution in [0.3, 0.4) is 0 Å². The van der Waals surface area contributed by atoms with Crippen molar-refractivity contribution in [2.24, 2.45) is 0 Å². The van der Waals surface area contributed by atoms with Gasteiger partial charge in [-0.05, 0) is 42.1 Å². The molecule has 2 aromatic rings. The minimum absolute atomic E-state index is 0.138. The lowest BCUT2D eigenvalue weighted by molar-refractivity contribution is -0.896. The summed E-state index contributed by atoms with van der Waals surface area (Å²) in [5.74, 6) is -0.343. The van der Waals surface area contributed by atoms with Gasteiger partial charge in [0.05, 0.1) is 38.1 Å². The van der Waals surface area contributed by atoms with Crippen molar-refractivity contribution in [2.45, 2.75) is 13.5 Å². The Kier molecular flexibility index (Phi) is 7.35. The highest BCUT2D eigenvalue weighted by atomic mass is 32.1. The molecule has 3 N–H and O–H groups in total. The number of thiophene rings is 1. The molecular formula is C21H29FN4O2S+2. The van der Waals surface area contributed by atoms with Gasteiger partial charge in [-0.15, -0.1) is 11.3 Å². The van der Waals surface area contributed by atoms with E-state index in [0.717, 1.165) is 24.5 Å². The number of nitrogens with zero attached hydrogens (tertiary/aromatic N) is 1. The van der Waals surface area contributed by atoms with Crippen molar-refractivity contribution in [3.63, 3.8) is 0 Å². The summed E-state index contributed by atoms with van der Waals surface area (Å²) in [5.41, 5.74) is 1.76. The summed E-state index contributed by atoms with van der Waals surface area (Å²) in [6.07, 6.45) is 0. The number of carbonyl (C=O) groups is 2. The van der Waals surface area contributed by atoms with Crippen LogP contribution in [-0.2, 0) is 16.1 Å². The van der Waals surface area contributed by atoms with Gasteiger partial charge in [0.15, 0.2) is 13.1 Å². The number of anilines is 1. The summed E-state index contributed by atoms with van der Waals surface area (Å²) in [4.78, 5) is 30.4. The standard InChI is InChI=1S/C21H27FN4O2S/c1-16-6-11-29-19(16)13-24(2)15-21(28)26-9-7-25(8-10-26)14-20(27)23-18-5-3-4-17(22)12-18/h3-6,11-12H,7-10,13-15H2,1-2H3,(H,23,27)/p+2. The minimum atomic E-state index is -0.372. The Morgan fingerprint density at radius 3 is 2.69 bits per heavy atom. The molecule has 1 aliphatic heterocycles. The Balaban J connectivity index is 1.39. The molecule has 1 unspecified atom stereocenters. The zero-order chi connectivity index (χ0) is 20.8. The molecule has 8 heteroatoms. The third-order valence-corrected chi connectivity index (χ3v) is 6.25. The normalized spacial score (nSPS) is 15.9. The Morgan fingerprint density at radius 2 is 2.03 bits per heavy atom. The van der Waals surface area contributed by atoms with E-state index in [-0.39, 0.29) is 17.6 Å². The lowest BCUT2D eigenvalue weighted by Crippen LogP contribution is -3.16.